The quantitative estimate of drug-likeness (QED) is 0.854. The normalized spacial score (nSPS) is 9.94. The number of nitrogens with zero attached hydrogens (tertiary/aromatic N) is 3. The SMILES string of the molecule is Cc1cncc(C(=O)NCc2ccncc2)n1. The van der Waals surface area contributed by atoms with E-state index >= 15 is 0 Å². The molecule has 0 bridgehead atoms. The van der Waals surface area contributed by atoms with Gasteiger partial charge in [-0.2, -0.15) is 0 Å². The number of aromatic nitrogens is 3. The highest BCUT2D eigenvalue weighted by atomic mass is 16.1. The van der Waals surface area contributed by atoms with Crippen LogP contribution >= 0.6 is 0 Å². The number of hydrogen-bond acceptors (Lipinski definition) is 4. The summed E-state index contributed by atoms with van der Waals surface area (Å²) in [6.07, 6.45) is 6.44. The first kappa shape index (κ1) is 11.2. The number of rotatable bonds is 3. The minimum Gasteiger partial charge on any atom is -0.347 e. The molecule has 0 saturated carbocycles. The van der Waals surface area contributed by atoms with Crippen LogP contribution in [0, 0.1) is 6.92 Å². The lowest BCUT2D eigenvalue weighted by Gasteiger charge is -2.04. The van der Waals surface area contributed by atoms with E-state index in [1.807, 2.05) is 12.1 Å². The first-order valence-electron chi connectivity index (χ1n) is 5.21. The van der Waals surface area contributed by atoms with Gasteiger partial charge >= 0.3 is 0 Å². The molecule has 0 unspecified atom stereocenters. The van der Waals surface area contributed by atoms with Crippen LogP contribution < -0.4 is 5.32 Å². The fourth-order valence-corrected chi connectivity index (χ4v) is 1.35. The van der Waals surface area contributed by atoms with Crippen LogP contribution in [0.15, 0.2) is 36.9 Å². The van der Waals surface area contributed by atoms with Crippen molar-refractivity contribution in [2.75, 3.05) is 0 Å². The molecule has 0 aliphatic heterocycles. The summed E-state index contributed by atoms with van der Waals surface area (Å²) in [6, 6.07) is 3.70. The monoisotopic (exact) mass is 228 g/mol. The molecule has 2 heterocycles. The second-order valence-electron chi connectivity index (χ2n) is 3.58. The Hall–Kier alpha value is -2.30. The molecule has 0 aliphatic carbocycles. The van der Waals surface area contributed by atoms with Crippen LogP contribution in [-0.4, -0.2) is 20.9 Å². The smallest absolute Gasteiger partial charge is 0.271 e. The minimum atomic E-state index is -0.224. The van der Waals surface area contributed by atoms with Crippen molar-refractivity contribution in [3.05, 3.63) is 53.9 Å². The fraction of sp³-hybridized carbons (Fsp3) is 0.167. The van der Waals surface area contributed by atoms with Crippen LogP contribution in [0.1, 0.15) is 21.7 Å². The molecule has 5 heteroatoms. The Morgan fingerprint density at radius 2 is 2.00 bits per heavy atom. The van der Waals surface area contributed by atoms with Gasteiger partial charge in [0.2, 0.25) is 0 Å². The van der Waals surface area contributed by atoms with E-state index in [2.05, 4.69) is 20.3 Å². The Kier molecular flexibility index (Phi) is 3.40. The summed E-state index contributed by atoms with van der Waals surface area (Å²) in [5.41, 5.74) is 2.05. The van der Waals surface area contributed by atoms with Crippen LogP contribution in [0.25, 0.3) is 0 Å². The highest BCUT2D eigenvalue weighted by Gasteiger charge is 2.06. The van der Waals surface area contributed by atoms with Crippen molar-refractivity contribution in [3.8, 4) is 0 Å². The van der Waals surface area contributed by atoms with Gasteiger partial charge in [-0.05, 0) is 24.6 Å². The van der Waals surface area contributed by atoms with E-state index in [1.54, 1.807) is 25.5 Å². The van der Waals surface area contributed by atoms with Gasteiger partial charge in [0, 0.05) is 25.1 Å². The molecule has 17 heavy (non-hydrogen) atoms. The molecule has 2 aromatic rings. The van der Waals surface area contributed by atoms with E-state index in [9.17, 15) is 4.79 Å². The molecule has 0 radical (unpaired) electrons. The first-order valence-corrected chi connectivity index (χ1v) is 5.21. The van der Waals surface area contributed by atoms with Gasteiger partial charge in [-0.1, -0.05) is 0 Å². The van der Waals surface area contributed by atoms with Crippen LogP contribution in [0.5, 0.6) is 0 Å². The molecule has 86 valence electrons. The molecule has 0 fully saturated rings. The topological polar surface area (TPSA) is 67.8 Å². The van der Waals surface area contributed by atoms with Crippen molar-refractivity contribution in [1.82, 2.24) is 20.3 Å². The average Bonchev–Trinajstić information content (AvgIpc) is 2.37. The van der Waals surface area contributed by atoms with Crippen molar-refractivity contribution < 1.29 is 4.79 Å². The molecule has 2 rings (SSSR count). The number of carbonyl (C=O) groups excluding carboxylic acids is 1. The van der Waals surface area contributed by atoms with E-state index in [-0.39, 0.29) is 5.91 Å². The number of carbonyl (C=O) groups is 1. The lowest BCUT2D eigenvalue weighted by atomic mass is 10.2. The molecule has 0 spiro atoms. The van der Waals surface area contributed by atoms with Crippen molar-refractivity contribution in [2.24, 2.45) is 0 Å². The summed E-state index contributed by atoms with van der Waals surface area (Å²) in [7, 11) is 0. The molecule has 1 N–H and O–H groups in total. The van der Waals surface area contributed by atoms with E-state index in [0.717, 1.165) is 11.3 Å². The molecule has 5 nitrogen and oxygen atoms in total. The van der Waals surface area contributed by atoms with Crippen molar-refractivity contribution in [3.63, 3.8) is 0 Å². The number of nitrogens with one attached hydrogen (secondary N) is 1. The first-order chi connectivity index (χ1) is 8.25. The highest BCUT2D eigenvalue weighted by molar-refractivity contribution is 5.91. The van der Waals surface area contributed by atoms with Gasteiger partial charge in [0.05, 0.1) is 11.9 Å². The van der Waals surface area contributed by atoms with Gasteiger partial charge in [0.1, 0.15) is 5.69 Å². The maximum absolute atomic E-state index is 11.7. The minimum absolute atomic E-state index is 0.224. The zero-order chi connectivity index (χ0) is 12.1. The lowest BCUT2D eigenvalue weighted by molar-refractivity contribution is 0.0945. The molecule has 2 aromatic heterocycles. The maximum Gasteiger partial charge on any atom is 0.271 e. The summed E-state index contributed by atoms with van der Waals surface area (Å²) in [4.78, 5) is 23.7. The van der Waals surface area contributed by atoms with Crippen molar-refractivity contribution in [1.29, 1.82) is 0 Å². The Labute approximate surface area is 99.0 Å². The van der Waals surface area contributed by atoms with Gasteiger partial charge in [0.25, 0.3) is 5.91 Å². The van der Waals surface area contributed by atoms with Crippen LogP contribution in [-0.2, 0) is 6.54 Å². The number of hydrogen-bond donors (Lipinski definition) is 1. The molecular formula is C12H12N4O. The Morgan fingerprint density at radius 3 is 2.71 bits per heavy atom. The van der Waals surface area contributed by atoms with E-state index in [0.29, 0.717) is 12.2 Å². The standard InChI is InChI=1S/C12H12N4O/c1-9-6-14-8-11(16-9)12(17)15-7-10-2-4-13-5-3-10/h2-6,8H,7H2,1H3,(H,15,17). The molecule has 0 atom stereocenters. The average molecular weight is 228 g/mol. The Balaban J connectivity index is 1.98. The third-order valence-corrected chi connectivity index (χ3v) is 2.19. The molecule has 1 amide bonds. The third-order valence-electron chi connectivity index (χ3n) is 2.19. The summed E-state index contributed by atoms with van der Waals surface area (Å²) >= 11 is 0. The Morgan fingerprint density at radius 1 is 1.24 bits per heavy atom. The fourth-order valence-electron chi connectivity index (χ4n) is 1.35. The van der Waals surface area contributed by atoms with E-state index in [1.165, 1.54) is 6.20 Å². The number of pyridine rings is 1. The Bertz CT molecular complexity index is 513. The maximum atomic E-state index is 11.7. The van der Waals surface area contributed by atoms with Gasteiger partial charge in [-0.3, -0.25) is 14.8 Å². The van der Waals surface area contributed by atoms with E-state index < -0.39 is 0 Å². The molecule has 0 saturated heterocycles. The van der Waals surface area contributed by atoms with Crippen LogP contribution in [0.2, 0.25) is 0 Å². The van der Waals surface area contributed by atoms with Gasteiger partial charge in [-0.15, -0.1) is 0 Å². The van der Waals surface area contributed by atoms with E-state index in [4.69, 9.17) is 0 Å². The summed E-state index contributed by atoms with van der Waals surface area (Å²) in [5.74, 6) is -0.224. The third kappa shape index (κ3) is 3.07. The second kappa shape index (κ2) is 5.16. The number of aryl methyl sites for hydroxylation is 1. The largest absolute Gasteiger partial charge is 0.347 e. The summed E-state index contributed by atoms with van der Waals surface area (Å²) in [6.45, 7) is 2.25. The van der Waals surface area contributed by atoms with Gasteiger partial charge in [0.15, 0.2) is 0 Å². The second-order valence-corrected chi connectivity index (χ2v) is 3.58. The molecule has 0 aliphatic rings. The predicted octanol–water partition coefficient (Wildman–Crippen LogP) is 1.11. The van der Waals surface area contributed by atoms with Crippen LogP contribution in [0.4, 0.5) is 0 Å². The lowest BCUT2D eigenvalue weighted by Crippen LogP contribution is -2.24. The summed E-state index contributed by atoms with van der Waals surface area (Å²) in [5, 5.41) is 2.77. The van der Waals surface area contributed by atoms with Gasteiger partial charge < -0.3 is 5.32 Å². The molecular weight excluding hydrogens is 216 g/mol. The zero-order valence-electron chi connectivity index (χ0n) is 9.42. The zero-order valence-corrected chi connectivity index (χ0v) is 9.42. The van der Waals surface area contributed by atoms with Gasteiger partial charge in [-0.25, -0.2) is 4.98 Å². The van der Waals surface area contributed by atoms with Crippen molar-refractivity contribution >= 4 is 5.91 Å². The van der Waals surface area contributed by atoms with Crippen molar-refractivity contribution in [2.45, 2.75) is 13.5 Å². The molecule has 0 aromatic carbocycles. The highest BCUT2D eigenvalue weighted by Crippen LogP contribution is 1.98. The van der Waals surface area contributed by atoms with Crippen LogP contribution in [0.3, 0.4) is 0 Å². The summed E-state index contributed by atoms with van der Waals surface area (Å²) < 4.78 is 0. The number of amides is 1. The predicted molar refractivity (Wildman–Crippen MR) is 62.2 cm³/mol.